The third-order valence-electron chi connectivity index (χ3n) is 19.4. The zero-order valence-corrected chi connectivity index (χ0v) is 64.7. The SMILES string of the molecule is CN(C)c1ccc2c(c1)OC1CC(=[N+](C)C)CCC1=C2c1c(Cl)cc(C(=O)NCc2ccc(C(=O)NCc3c(O)ccc4c(-c5cc(C(=O)NCc6ccc(C(=O)NCC#CCc7cn([C@H]8CC[C@@H](COP(OO)(OOO)(P(=O)=O)P(=O)=O)O8)c(=O)[nH]c7=O)cc6)ccc5C(=O)O)c5ccc(=O)cc-5oc34)cc2)c(Cl)c1C(=O)O. The molecule has 4 heterocycles. The molecule has 12 rings (SSSR count). The van der Waals surface area contributed by atoms with Gasteiger partial charge in [-0.05, 0) is 119 Å². The molecule has 7 aromatic rings. The number of hydrogen-bond acceptors (Lipinski definition) is 24. The summed E-state index contributed by atoms with van der Waals surface area (Å²) in [7, 11) is -1.15. The largest absolute Gasteiger partial charge is 0.478 e. The number of anilines is 1. The maximum Gasteiger partial charge on any atom is 0.337 e. The van der Waals surface area contributed by atoms with E-state index in [-0.39, 0.29) is 145 Å². The minimum Gasteiger partial charge on any atom is -0.478 e. The number of aromatic nitrogens is 2. The molecule has 10 N–H and O–H groups in total. The number of carbonyl (C=O) groups is 6. The predicted molar refractivity (Wildman–Crippen MR) is 411 cm³/mol. The molecule has 4 amide bonds. The maximum absolute atomic E-state index is 14.0. The molecule has 3 aliphatic heterocycles. The van der Waals surface area contributed by atoms with Gasteiger partial charge in [-0.3, -0.25) is 24.0 Å². The smallest absolute Gasteiger partial charge is 0.337 e. The molecule has 5 aliphatic rings. The van der Waals surface area contributed by atoms with Crippen molar-refractivity contribution in [3.63, 3.8) is 0 Å². The Morgan fingerprint density at radius 3 is 2.00 bits per heavy atom. The fourth-order valence-electron chi connectivity index (χ4n) is 13.5. The number of aromatic amines is 1. The number of carboxylic acid groups (broad SMARTS) is 2. The second-order valence-corrected chi connectivity index (χ2v) is 37.7. The maximum atomic E-state index is 14.0. The van der Waals surface area contributed by atoms with Gasteiger partial charge in [-0.1, -0.05) is 47.5 Å². The molecule has 0 bridgehead atoms. The minimum atomic E-state index is -6.59. The fourth-order valence-corrected chi connectivity index (χ4v) is 18.5. The molecule has 0 spiro atoms. The van der Waals surface area contributed by atoms with E-state index in [1.165, 1.54) is 78.9 Å². The van der Waals surface area contributed by atoms with Crippen molar-refractivity contribution in [2.24, 2.45) is 0 Å². The molecular weight excluding hydrogens is 1590 g/mol. The van der Waals surface area contributed by atoms with Crippen LogP contribution >= 0.6 is 44.6 Å². The van der Waals surface area contributed by atoms with E-state index in [1.807, 2.05) is 51.3 Å². The molecule has 3 atom stereocenters. The molecule has 1 unspecified atom stereocenters. The normalized spacial score (nSPS) is 15.4. The van der Waals surface area contributed by atoms with Gasteiger partial charge in [0.1, 0.15) is 43.0 Å². The molecule has 38 heteroatoms. The Morgan fingerprint density at radius 2 is 1.36 bits per heavy atom. The van der Waals surface area contributed by atoms with Gasteiger partial charge in [0.15, 0.2) is 11.1 Å². The third-order valence-corrected chi connectivity index (χ3v) is 29.8. The summed E-state index contributed by atoms with van der Waals surface area (Å²) >= 11 is 14.0. The first-order valence-corrected chi connectivity index (χ1v) is 41.1. The van der Waals surface area contributed by atoms with Crippen LogP contribution in [-0.4, -0.2) is 135 Å². The van der Waals surface area contributed by atoms with Crippen molar-refractivity contribution in [1.29, 1.82) is 0 Å². The number of halogens is 2. The number of carbonyl (C=O) groups excluding carboxylic acids is 4. The van der Waals surface area contributed by atoms with Crippen molar-refractivity contribution < 1.29 is 110 Å². The first kappa shape index (κ1) is 81.9. The predicted octanol–water partition coefficient (Wildman–Crippen LogP) is 11.2. The van der Waals surface area contributed by atoms with Gasteiger partial charge in [0, 0.05) is 95.8 Å². The summed E-state index contributed by atoms with van der Waals surface area (Å²) in [5.74, 6) is 0.266. The van der Waals surface area contributed by atoms with Gasteiger partial charge in [0.05, 0.1) is 45.3 Å². The number of nitrogens with zero attached hydrogens (tertiary/aromatic N) is 3. The van der Waals surface area contributed by atoms with Crippen molar-refractivity contribution in [2.45, 2.75) is 76.6 Å². The number of nitrogens with one attached hydrogen (secondary N) is 5. The number of aromatic hydroxyl groups is 1. The Bertz CT molecular complexity index is 5890. The average molecular weight is 1660 g/mol. The second-order valence-electron chi connectivity index (χ2n) is 26.7. The quantitative estimate of drug-likeness (QED) is 0.00601. The number of aromatic carboxylic acids is 2. The molecule has 1 saturated heterocycles. The zero-order chi connectivity index (χ0) is 81.8. The molecule has 6 aromatic carbocycles. The number of amides is 4. The Kier molecular flexibility index (Phi) is 24.4. The van der Waals surface area contributed by atoms with Gasteiger partial charge in [0.25, 0.3) is 23.6 Å². The van der Waals surface area contributed by atoms with Crippen molar-refractivity contribution in [1.82, 2.24) is 30.8 Å². The van der Waals surface area contributed by atoms with E-state index in [4.69, 9.17) is 46.9 Å². The summed E-state index contributed by atoms with van der Waals surface area (Å²) in [5.41, 5.74) is 3.12. The van der Waals surface area contributed by atoms with Crippen molar-refractivity contribution >= 4 is 108 Å². The van der Waals surface area contributed by atoms with Crippen LogP contribution in [-0.2, 0) is 68.0 Å². The monoisotopic (exact) mass is 1660 g/mol. The van der Waals surface area contributed by atoms with Crippen LogP contribution in [0.3, 0.4) is 0 Å². The first-order valence-electron chi connectivity index (χ1n) is 34.6. The molecule has 2 fully saturated rings. The number of rotatable bonds is 26. The van der Waals surface area contributed by atoms with Crippen LogP contribution in [0, 0.1) is 11.8 Å². The van der Waals surface area contributed by atoms with Crippen LogP contribution in [0.25, 0.3) is 39.0 Å². The van der Waals surface area contributed by atoms with E-state index in [0.717, 1.165) is 27.7 Å². The van der Waals surface area contributed by atoms with Crippen LogP contribution in [0.2, 0.25) is 10.0 Å². The molecule has 114 heavy (non-hydrogen) atoms. The van der Waals surface area contributed by atoms with Crippen molar-refractivity contribution in [3.8, 4) is 45.8 Å². The summed E-state index contributed by atoms with van der Waals surface area (Å²) in [6.07, 6.45) is 0.0900. The van der Waals surface area contributed by atoms with E-state index < -0.39 is 98.7 Å². The molecule has 590 valence electrons. The standard InChI is InChI=1S/C76H67Cl2N8O25P3/c1-84(2)45-17-22-51-59(30-45)107-60-31-46(85(3)4)18-23-52(60)64(51)65-57(77)33-55(67(78)66(65)75(96)97)73(93)81-35-40-10-14-42(15-11-40)70(90)82-36-56-58(88)26-25-53-63(50-24-19-47(87)32-61(50)108-68(53)56)54-29-43(16-21-49(54)74(94)95)71(91)80-34-39-8-12-41(13-9-39)69(89)79-28-6-5-7-44-37-86(76(98)83-72(44)92)62-27-20-48(106-62)38-105-114(110-100,111-109-99,112(101)102)113(103)104/h8-17,19,21-22,24-26,29-30,32-33,37,48,60,62H,7,18,20,23,27-28,31,34-36,38H2,1-4H3,(H9-,79,80,81,82,83,87,88,89,90,91,92,93,94,95,96,97,98,99,100)/p+1/t48-,60?,62+/m0/s1. The molecular formula is C76H68Cl2N8O25P3+. The average Bonchev–Trinajstić information content (AvgIpc) is 1.17. The Labute approximate surface area is 655 Å². The van der Waals surface area contributed by atoms with Gasteiger partial charge in [-0.15, -0.1) is 0 Å². The van der Waals surface area contributed by atoms with E-state index in [2.05, 4.69) is 57.1 Å². The van der Waals surface area contributed by atoms with Crippen molar-refractivity contribution in [2.75, 3.05) is 46.2 Å². The number of fused-ring (bicyclic) bond motifs is 4. The first-order chi connectivity index (χ1) is 54.4. The summed E-state index contributed by atoms with van der Waals surface area (Å²) in [4.78, 5) is 124. The van der Waals surface area contributed by atoms with E-state index >= 15 is 0 Å². The van der Waals surface area contributed by atoms with Gasteiger partial charge in [-0.2, -0.15) is 0 Å². The topological polar surface area (TPSA) is 467 Å². The zero-order valence-electron chi connectivity index (χ0n) is 60.5. The number of hydrogen-bond donors (Lipinski definition) is 10. The van der Waals surface area contributed by atoms with Gasteiger partial charge >= 0.3 is 184 Å². The Morgan fingerprint density at radius 1 is 0.711 bits per heavy atom. The number of phenols is 1. The van der Waals surface area contributed by atoms with Crippen LogP contribution in [0.4, 0.5) is 5.69 Å². The van der Waals surface area contributed by atoms with E-state index in [9.17, 15) is 82.0 Å². The number of benzene rings is 7. The number of H-pyrrole nitrogens is 1. The number of ether oxygens (including phenoxy) is 2. The number of phenolic OH excluding ortho intramolecular Hbond substituents is 1. The Balaban J connectivity index is 0.684. The van der Waals surface area contributed by atoms with Crippen LogP contribution in [0.1, 0.15) is 134 Å². The van der Waals surface area contributed by atoms with Crippen LogP contribution < -0.4 is 47.6 Å². The van der Waals surface area contributed by atoms with E-state index in [0.29, 0.717) is 47.3 Å². The summed E-state index contributed by atoms with van der Waals surface area (Å²) in [6.45, 7) is -8.26. The molecule has 2 aliphatic carbocycles. The van der Waals surface area contributed by atoms with Gasteiger partial charge in [0.2, 0.25) is 0 Å². The van der Waals surface area contributed by atoms with Gasteiger partial charge in [-0.25, -0.2) is 14.2 Å². The van der Waals surface area contributed by atoms with Crippen molar-refractivity contribution in [3.05, 3.63) is 241 Å². The minimum absolute atomic E-state index is 0.00574. The summed E-state index contributed by atoms with van der Waals surface area (Å²) in [5, 5.41) is 65.0. The molecule has 1 aromatic heterocycles. The second kappa shape index (κ2) is 34.0. The summed E-state index contributed by atoms with van der Waals surface area (Å²) in [6, 6.07) is 29.7. The fraction of sp³-hybridized carbons (Fsp3) is 0.237. The third kappa shape index (κ3) is 16.5. The van der Waals surface area contributed by atoms with Crippen LogP contribution in [0.15, 0.2) is 152 Å². The Hall–Kier alpha value is -11.6. The summed E-state index contributed by atoms with van der Waals surface area (Å²) < 4.78 is 82.0. The molecule has 33 nitrogen and oxygen atoms in total. The number of carboxylic acids is 2. The molecule has 1 saturated carbocycles. The van der Waals surface area contributed by atoms with Gasteiger partial charge < -0.3 is 50.6 Å². The van der Waals surface area contributed by atoms with Crippen LogP contribution in [0.5, 0.6) is 11.5 Å². The molecule has 0 radical (unpaired) electrons. The van der Waals surface area contributed by atoms with E-state index in [1.54, 1.807) is 24.3 Å².